The summed E-state index contributed by atoms with van der Waals surface area (Å²) in [6, 6.07) is 1.75. The average Bonchev–Trinajstić information content (AvgIpc) is 3.43. The molecule has 1 aromatic rings. The first-order valence-corrected chi connectivity index (χ1v) is 17.1. The van der Waals surface area contributed by atoms with Crippen LogP contribution < -0.4 is 21.3 Å². The predicted octanol–water partition coefficient (Wildman–Crippen LogP) is -0.976. The number of aliphatic hydroxyl groups excluding tert-OH is 3. The Balaban J connectivity index is 1.49. The highest BCUT2D eigenvalue weighted by Crippen LogP contribution is 2.37. The number of aryl methyl sites for hydroxylation is 2. The van der Waals surface area contributed by atoms with E-state index in [0.29, 0.717) is 24.2 Å². The van der Waals surface area contributed by atoms with Crippen LogP contribution >= 0.6 is 0 Å². The van der Waals surface area contributed by atoms with Crippen molar-refractivity contribution in [2.75, 3.05) is 52.5 Å². The molecule has 0 aliphatic carbocycles. The van der Waals surface area contributed by atoms with Gasteiger partial charge in [-0.15, -0.1) is 0 Å². The zero-order valence-corrected chi connectivity index (χ0v) is 29.6. The molecule has 0 bridgehead atoms. The number of amides is 2. The number of nitrogens with zero attached hydrogens (tertiary/aromatic N) is 2. The van der Waals surface area contributed by atoms with Crippen molar-refractivity contribution >= 4 is 17.8 Å². The Morgan fingerprint density at radius 2 is 1.82 bits per heavy atom. The Morgan fingerprint density at radius 3 is 2.43 bits per heavy atom. The van der Waals surface area contributed by atoms with Crippen LogP contribution in [-0.2, 0) is 14.3 Å². The van der Waals surface area contributed by atoms with Gasteiger partial charge in [-0.25, -0.2) is 4.79 Å². The molecule has 4 rings (SSSR count). The van der Waals surface area contributed by atoms with E-state index in [1.807, 2.05) is 0 Å². The number of piperazine rings is 1. The highest BCUT2D eigenvalue weighted by atomic mass is 16.6. The number of carbonyl (C=O) groups is 3. The first-order valence-electron chi connectivity index (χ1n) is 17.1. The zero-order chi connectivity index (χ0) is 36.3. The first-order chi connectivity index (χ1) is 22.9. The maximum atomic E-state index is 13.0. The number of likely N-dealkylation sites (tertiary alicyclic amines) is 1. The van der Waals surface area contributed by atoms with Gasteiger partial charge in [0.05, 0.1) is 18.2 Å². The van der Waals surface area contributed by atoms with Crippen LogP contribution in [0, 0.1) is 13.8 Å². The van der Waals surface area contributed by atoms with Crippen LogP contribution in [0.2, 0.25) is 0 Å². The third-order valence-electron chi connectivity index (χ3n) is 10.1. The fourth-order valence-corrected chi connectivity index (χ4v) is 7.27. The van der Waals surface area contributed by atoms with Gasteiger partial charge in [0.15, 0.2) is 5.60 Å². The second kappa shape index (κ2) is 15.6. The molecular formula is C34H56N6O9. The summed E-state index contributed by atoms with van der Waals surface area (Å²) < 4.78 is 6.19. The number of nitrogens with one attached hydrogen (secondary N) is 4. The van der Waals surface area contributed by atoms with Gasteiger partial charge in [-0.2, -0.15) is 0 Å². The van der Waals surface area contributed by atoms with Gasteiger partial charge in [0.2, 0.25) is 5.91 Å². The van der Waals surface area contributed by atoms with Crippen LogP contribution in [0.1, 0.15) is 68.4 Å². The lowest BCUT2D eigenvalue weighted by Gasteiger charge is -2.49. The van der Waals surface area contributed by atoms with Crippen LogP contribution in [0.15, 0.2) is 12.1 Å². The minimum atomic E-state index is -1.93. The molecule has 276 valence electrons. The summed E-state index contributed by atoms with van der Waals surface area (Å²) >= 11 is 0. The summed E-state index contributed by atoms with van der Waals surface area (Å²) in [5.74, 6) is -2.36. The number of aromatic hydroxyl groups is 1. The van der Waals surface area contributed by atoms with Crippen molar-refractivity contribution in [3.8, 4) is 5.75 Å². The summed E-state index contributed by atoms with van der Waals surface area (Å²) in [4.78, 5) is 42.6. The van der Waals surface area contributed by atoms with Crippen molar-refractivity contribution in [3.05, 3.63) is 28.8 Å². The minimum absolute atomic E-state index is 0.0101. The van der Waals surface area contributed by atoms with Gasteiger partial charge >= 0.3 is 5.97 Å². The fraction of sp³-hybridized carbons (Fsp3) is 0.735. The third kappa shape index (κ3) is 9.27. The number of carbonyl (C=O) groups excluding carboxylic acids is 2. The van der Waals surface area contributed by atoms with Crippen molar-refractivity contribution in [2.45, 2.75) is 108 Å². The Morgan fingerprint density at radius 1 is 1.14 bits per heavy atom. The Hall–Kier alpha value is -2.89. The summed E-state index contributed by atoms with van der Waals surface area (Å²) in [7, 11) is 0. The lowest BCUT2D eigenvalue weighted by molar-refractivity contribution is -0.230. The van der Waals surface area contributed by atoms with Crippen molar-refractivity contribution in [3.63, 3.8) is 0 Å². The van der Waals surface area contributed by atoms with E-state index in [0.717, 1.165) is 39.3 Å². The minimum Gasteiger partial charge on any atom is -0.507 e. The summed E-state index contributed by atoms with van der Waals surface area (Å²) in [5, 5.41) is 66.4. The number of aliphatic hydroxyl groups is 3. The second-order valence-electron chi connectivity index (χ2n) is 15.1. The molecule has 2 amide bonds. The largest absolute Gasteiger partial charge is 0.507 e. The van der Waals surface area contributed by atoms with Crippen molar-refractivity contribution < 1.29 is 44.7 Å². The third-order valence-corrected chi connectivity index (χ3v) is 10.1. The Labute approximate surface area is 288 Å². The quantitative estimate of drug-likeness (QED) is 0.129. The van der Waals surface area contributed by atoms with Gasteiger partial charge in [-0.1, -0.05) is 0 Å². The topological polar surface area (TPSA) is 216 Å². The molecule has 3 saturated heterocycles. The maximum absolute atomic E-state index is 13.0. The van der Waals surface area contributed by atoms with Crippen LogP contribution in [-0.4, -0.2) is 153 Å². The van der Waals surface area contributed by atoms with Gasteiger partial charge in [0.1, 0.15) is 18.0 Å². The smallest absolute Gasteiger partial charge is 0.336 e. The number of hydrogen-bond acceptors (Lipinski definition) is 12. The molecule has 3 aliphatic heterocycles. The molecule has 1 spiro atoms. The second-order valence-corrected chi connectivity index (χ2v) is 15.1. The molecule has 0 saturated carbocycles. The summed E-state index contributed by atoms with van der Waals surface area (Å²) in [5.41, 5.74) is -0.955. The van der Waals surface area contributed by atoms with Crippen LogP contribution in [0.5, 0.6) is 5.75 Å². The standard InChI is InChI=1S/C34H56N6O9/c1-20-13-23(14-21(2)27(20)44)30(46)36-16-25(43)28(45)29-26(38-22(3)41)24(42)15-34(49-29,31(47)48)8-11-40-12-9-35-17-33(40)7-10-39(18-33)19-37-32(4,5)6/h13-14,24-26,28-29,35,37,42-45H,7-12,15-19H2,1-6H3,(H,36,46)(H,38,41)(H,47,48)/t24-,25+,26+,28+,29+,33+,34+/m0/s1. The number of carboxylic acids is 1. The van der Waals surface area contributed by atoms with Gasteiger partial charge in [-0.05, 0) is 64.3 Å². The highest BCUT2D eigenvalue weighted by Gasteiger charge is 2.55. The molecule has 9 N–H and O–H groups in total. The number of phenols is 1. The molecule has 15 nitrogen and oxygen atoms in total. The van der Waals surface area contributed by atoms with Crippen molar-refractivity contribution in [1.29, 1.82) is 0 Å². The van der Waals surface area contributed by atoms with Crippen LogP contribution in [0.3, 0.4) is 0 Å². The number of carboxylic acid groups (broad SMARTS) is 1. The van der Waals surface area contributed by atoms with Crippen LogP contribution in [0.4, 0.5) is 0 Å². The first kappa shape index (κ1) is 38.9. The molecule has 0 unspecified atom stereocenters. The molecule has 1 aromatic carbocycles. The summed E-state index contributed by atoms with van der Waals surface area (Å²) in [6.45, 7) is 15.4. The van der Waals surface area contributed by atoms with Crippen molar-refractivity contribution in [1.82, 2.24) is 31.1 Å². The molecule has 49 heavy (non-hydrogen) atoms. The lowest BCUT2D eigenvalue weighted by atomic mass is 9.81. The average molecular weight is 693 g/mol. The van der Waals surface area contributed by atoms with E-state index in [9.17, 15) is 39.9 Å². The molecule has 0 radical (unpaired) electrons. The molecule has 15 heteroatoms. The number of phenolic OH excluding ortho intramolecular Hbond substituents is 1. The number of benzene rings is 1. The highest BCUT2D eigenvalue weighted by molar-refractivity contribution is 5.94. The fourth-order valence-electron chi connectivity index (χ4n) is 7.27. The van der Waals surface area contributed by atoms with Gasteiger partial charge in [0.25, 0.3) is 5.91 Å². The van der Waals surface area contributed by atoms with E-state index in [-0.39, 0.29) is 35.2 Å². The van der Waals surface area contributed by atoms with Crippen molar-refractivity contribution in [2.24, 2.45) is 0 Å². The zero-order valence-electron chi connectivity index (χ0n) is 29.6. The van der Waals surface area contributed by atoms with Crippen LogP contribution in [0.25, 0.3) is 0 Å². The van der Waals surface area contributed by atoms with E-state index < -0.39 is 60.4 Å². The Bertz CT molecular complexity index is 1330. The number of ether oxygens (including phenoxy) is 1. The van der Waals surface area contributed by atoms with E-state index >= 15 is 0 Å². The molecule has 0 aromatic heterocycles. The van der Waals surface area contributed by atoms with Gasteiger partial charge in [-0.3, -0.25) is 24.7 Å². The number of rotatable bonds is 12. The molecule has 3 heterocycles. The van der Waals surface area contributed by atoms with E-state index in [1.54, 1.807) is 13.8 Å². The predicted molar refractivity (Wildman–Crippen MR) is 181 cm³/mol. The van der Waals surface area contributed by atoms with Gasteiger partial charge in [0, 0.05) is 88.9 Å². The van der Waals surface area contributed by atoms with Gasteiger partial charge < -0.3 is 46.2 Å². The maximum Gasteiger partial charge on any atom is 0.336 e. The van der Waals surface area contributed by atoms with E-state index in [1.165, 1.54) is 19.1 Å². The molecule has 7 atom stereocenters. The monoisotopic (exact) mass is 692 g/mol. The van der Waals surface area contributed by atoms with E-state index in [2.05, 4.69) is 51.8 Å². The molecule has 3 fully saturated rings. The number of aliphatic carboxylic acids is 1. The lowest BCUT2D eigenvalue weighted by Crippen LogP contribution is -2.68. The molecule has 3 aliphatic rings. The normalized spacial score (nSPS) is 29.4. The van der Waals surface area contributed by atoms with E-state index in [4.69, 9.17) is 4.74 Å². The Kier molecular flexibility index (Phi) is 12.4. The number of hydrogen-bond donors (Lipinski definition) is 9. The summed E-state index contributed by atoms with van der Waals surface area (Å²) in [6.07, 6.45) is -5.84. The molecular weight excluding hydrogens is 636 g/mol. The SMILES string of the molecule is CC(=O)N[C@H]1[C@H]([C@H](O)[C@H](O)CNC(=O)c2cc(C)c(O)c(C)c2)O[C@@](CCN2CCNC[C@@]23CCN(CNC(C)(C)C)C3)(C(=O)O)C[C@@H]1O.